The number of thiophene rings is 1. The zero-order valence-electron chi connectivity index (χ0n) is 16.7. The lowest BCUT2D eigenvalue weighted by Gasteiger charge is -2.13. The summed E-state index contributed by atoms with van der Waals surface area (Å²) < 4.78 is 13.5. The van der Waals surface area contributed by atoms with Crippen molar-refractivity contribution in [1.29, 1.82) is 0 Å². The Morgan fingerprint density at radius 3 is 2.72 bits per heavy atom. The Bertz CT molecular complexity index is 965. The Kier molecular flexibility index (Phi) is 7.24. The highest BCUT2D eigenvalue weighted by atomic mass is 32.1. The lowest BCUT2D eigenvalue weighted by atomic mass is 10.1. The first kappa shape index (κ1) is 20.9. The van der Waals surface area contributed by atoms with Crippen LogP contribution < -0.4 is 10.6 Å². The van der Waals surface area contributed by atoms with E-state index in [-0.39, 0.29) is 18.3 Å². The topological polar surface area (TPSA) is 72.5 Å². The third-order valence-corrected chi connectivity index (χ3v) is 5.47. The van der Waals surface area contributed by atoms with Crippen LogP contribution in [0.4, 0.5) is 4.39 Å². The highest BCUT2D eigenvalue weighted by Crippen LogP contribution is 2.19. The predicted octanol–water partition coefficient (Wildman–Crippen LogP) is 2.78. The van der Waals surface area contributed by atoms with E-state index in [9.17, 15) is 9.18 Å². The van der Waals surface area contributed by atoms with E-state index in [1.54, 1.807) is 37.6 Å². The summed E-state index contributed by atoms with van der Waals surface area (Å²) in [4.78, 5) is 22.3. The number of H-pyrrole nitrogens is 1. The Morgan fingerprint density at radius 1 is 1.21 bits per heavy atom. The molecule has 0 saturated heterocycles. The largest absolute Gasteiger partial charge is 0.361 e. The fourth-order valence-electron chi connectivity index (χ4n) is 2.89. The van der Waals surface area contributed by atoms with Gasteiger partial charge in [-0.15, -0.1) is 11.3 Å². The summed E-state index contributed by atoms with van der Waals surface area (Å²) in [7, 11) is 3.43. The molecule has 29 heavy (non-hydrogen) atoms. The van der Waals surface area contributed by atoms with Crippen LogP contribution in [0.25, 0.3) is 10.9 Å². The average molecular weight is 416 g/mol. The Morgan fingerprint density at radius 2 is 2.00 bits per heavy atom. The van der Waals surface area contributed by atoms with Gasteiger partial charge in [-0.05, 0) is 48.1 Å². The first-order valence-corrected chi connectivity index (χ1v) is 10.4. The molecule has 8 heteroatoms. The molecule has 2 aromatic heterocycles. The minimum absolute atomic E-state index is 0.0588. The van der Waals surface area contributed by atoms with E-state index >= 15 is 0 Å². The normalized spacial score (nSPS) is 11.6. The van der Waals surface area contributed by atoms with Crippen LogP contribution in [-0.4, -0.2) is 55.5 Å². The van der Waals surface area contributed by atoms with E-state index in [2.05, 4.69) is 32.1 Å². The number of hydrogen-bond acceptors (Lipinski definition) is 3. The molecule has 0 aliphatic heterocycles. The molecular formula is C21H26FN5OS. The summed E-state index contributed by atoms with van der Waals surface area (Å²) >= 11 is 1.72. The molecule has 0 atom stereocenters. The average Bonchev–Trinajstić information content (AvgIpc) is 3.35. The molecule has 0 fully saturated rings. The summed E-state index contributed by atoms with van der Waals surface area (Å²) in [6.07, 6.45) is 3.50. The van der Waals surface area contributed by atoms with Gasteiger partial charge in [0.1, 0.15) is 12.4 Å². The van der Waals surface area contributed by atoms with Crippen LogP contribution in [0.5, 0.6) is 0 Å². The maximum atomic E-state index is 13.5. The van der Waals surface area contributed by atoms with E-state index in [1.165, 1.54) is 15.8 Å². The monoisotopic (exact) mass is 415 g/mol. The van der Waals surface area contributed by atoms with Crippen molar-refractivity contribution in [3.63, 3.8) is 0 Å². The van der Waals surface area contributed by atoms with Gasteiger partial charge in [0.15, 0.2) is 5.96 Å². The lowest BCUT2D eigenvalue weighted by Crippen LogP contribution is -2.40. The van der Waals surface area contributed by atoms with Crippen molar-refractivity contribution in [2.24, 2.45) is 4.99 Å². The van der Waals surface area contributed by atoms with Crippen molar-refractivity contribution in [2.75, 3.05) is 33.7 Å². The molecule has 3 aromatic rings. The fourth-order valence-corrected chi connectivity index (χ4v) is 3.60. The predicted molar refractivity (Wildman–Crippen MR) is 117 cm³/mol. The molecule has 6 nitrogen and oxygen atoms in total. The number of carbonyl (C=O) groups excluding carboxylic acids is 1. The molecule has 0 aliphatic rings. The first-order chi connectivity index (χ1) is 14.0. The molecule has 0 saturated carbocycles. The molecule has 0 unspecified atom stereocenters. The van der Waals surface area contributed by atoms with Crippen molar-refractivity contribution in [3.05, 3.63) is 58.2 Å². The van der Waals surface area contributed by atoms with Gasteiger partial charge in [0.2, 0.25) is 5.91 Å². The zero-order valence-corrected chi connectivity index (χ0v) is 17.5. The second kappa shape index (κ2) is 10.1. The van der Waals surface area contributed by atoms with Crippen LogP contribution in [0.1, 0.15) is 10.4 Å². The number of carbonyl (C=O) groups is 1. The van der Waals surface area contributed by atoms with Crippen molar-refractivity contribution < 1.29 is 9.18 Å². The van der Waals surface area contributed by atoms with Crippen LogP contribution in [0, 0.1) is 5.82 Å². The molecule has 2 heterocycles. The van der Waals surface area contributed by atoms with E-state index in [1.807, 2.05) is 12.3 Å². The zero-order chi connectivity index (χ0) is 20.6. The maximum Gasteiger partial charge on any atom is 0.243 e. The number of rotatable bonds is 8. The van der Waals surface area contributed by atoms with Gasteiger partial charge in [-0.1, -0.05) is 6.07 Å². The second-order valence-electron chi connectivity index (χ2n) is 6.89. The quantitative estimate of drug-likeness (QED) is 0.391. The number of hydrogen-bond donors (Lipinski definition) is 3. The molecule has 3 rings (SSSR count). The first-order valence-electron chi connectivity index (χ1n) is 9.53. The SMILES string of the molecule is CN(C)C(=O)CN=C(NCCc1cccs1)NCCc1c[nH]c2ccc(F)cc12. The van der Waals surface area contributed by atoms with Crippen LogP contribution in [-0.2, 0) is 17.6 Å². The van der Waals surface area contributed by atoms with Crippen LogP contribution >= 0.6 is 11.3 Å². The number of guanidine groups is 1. The number of halogens is 1. The number of fused-ring (bicyclic) bond motifs is 1. The summed E-state index contributed by atoms with van der Waals surface area (Å²) in [5.74, 6) is 0.297. The molecule has 1 aromatic carbocycles. The van der Waals surface area contributed by atoms with Crippen molar-refractivity contribution in [2.45, 2.75) is 12.8 Å². The van der Waals surface area contributed by atoms with Gasteiger partial charge in [-0.2, -0.15) is 0 Å². The van der Waals surface area contributed by atoms with Gasteiger partial charge in [0.05, 0.1) is 0 Å². The number of aromatic amines is 1. The number of aromatic nitrogens is 1. The summed E-state index contributed by atoms with van der Waals surface area (Å²) in [5.41, 5.74) is 1.95. The second-order valence-corrected chi connectivity index (χ2v) is 7.92. The fraction of sp³-hybridized carbons (Fsp3) is 0.333. The highest BCUT2D eigenvalue weighted by Gasteiger charge is 2.07. The number of amides is 1. The van der Waals surface area contributed by atoms with Crippen LogP contribution in [0.2, 0.25) is 0 Å². The summed E-state index contributed by atoms with van der Waals surface area (Å²) in [6.45, 7) is 1.42. The number of nitrogens with zero attached hydrogens (tertiary/aromatic N) is 2. The van der Waals surface area contributed by atoms with Gasteiger partial charge in [-0.25, -0.2) is 9.38 Å². The van der Waals surface area contributed by atoms with E-state index in [4.69, 9.17) is 0 Å². The lowest BCUT2D eigenvalue weighted by molar-refractivity contribution is -0.127. The third kappa shape index (κ3) is 6.05. The van der Waals surface area contributed by atoms with Gasteiger partial charge >= 0.3 is 0 Å². The van der Waals surface area contributed by atoms with E-state index < -0.39 is 0 Å². The molecule has 0 radical (unpaired) electrons. The van der Waals surface area contributed by atoms with Gasteiger partial charge < -0.3 is 20.5 Å². The number of benzene rings is 1. The molecule has 154 valence electrons. The molecule has 0 bridgehead atoms. The van der Waals surface area contributed by atoms with E-state index in [0.717, 1.165) is 29.4 Å². The third-order valence-electron chi connectivity index (χ3n) is 4.53. The molecule has 0 spiro atoms. The number of aliphatic imine (C=N–C) groups is 1. The van der Waals surface area contributed by atoms with Gasteiger partial charge in [0.25, 0.3) is 0 Å². The van der Waals surface area contributed by atoms with Crippen molar-refractivity contribution in [1.82, 2.24) is 20.5 Å². The smallest absolute Gasteiger partial charge is 0.243 e. The maximum absolute atomic E-state index is 13.5. The minimum Gasteiger partial charge on any atom is -0.361 e. The molecule has 1 amide bonds. The number of likely N-dealkylation sites (N-methyl/N-ethyl adjacent to an activating group) is 1. The van der Waals surface area contributed by atoms with Gasteiger partial charge in [-0.3, -0.25) is 4.79 Å². The summed E-state index contributed by atoms with van der Waals surface area (Å²) in [5, 5.41) is 9.51. The van der Waals surface area contributed by atoms with E-state index in [0.29, 0.717) is 18.9 Å². The van der Waals surface area contributed by atoms with Crippen molar-refractivity contribution >= 4 is 34.1 Å². The van der Waals surface area contributed by atoms with Gasteiger partial charge in [0, 0.05) is 49.2 Å². The molecular weight excluding hydrogens is 389 g/mol. The van der Waals surface area contributed by atoms with Crippen molar-refractivity contribution in [3.8, 4) is 0 Å². The summed E-state index contributed by atoms with van der Waals surface area (Å²) in [6, 6.07) is 8.87. The Balaban J connectivity index is 1.58. The molecule has 3 N–H and O–H groups in total. The Labute approximate surface area is 173 Å². The van der Waals surface area contributed by atoms with Crippen LogP contribution in [0.15, 0.2) is 46.9 Å². The minimum atomic E-state index is -0.244. The molecule has 0 aliphatic carbocycles. The highest BCUT2D eigenvalue weighted by molar-refractivity contribution is 7.09. The van der Waals surface area contributed by atoms with Crippen LogP contribution in [0.3, 0.4) is 0 Å². The standard InChI is InChI=1S/C21H26FN5OS/c1-27(2)20(28)14-26-21(24-10-8-17-4-3-11-29-17)23-9-7-15-13-25-19-6-5-16(22)12-18(15)19/h3-6,11-13,25H,7-10,14H2,1-2H3,(H2,23,24,26). The number of nitrogens with one attached hydrogen (secondary N) is 3. The Hall–Kier alpha value is -2.87.